The first kappa shape index (κ1) is 23.5. The molecule has 9 nitrogen and oxygen atoms in total. The van der Waals surface area contributed by atoms with Crippen LogP contribution in [-0.2, 0) is 14.8 Å². The lowest BCUT2D eigenvalue weighted by Gasteiger charge is -2.11. The number of benzene rings is 1. The highest BCUT2D eigenvalue weighted by Gasteiger charge is 2.15. The molecule has 0 saturated carbocycles. The minimum absolute atomic E-state index is 0.0384. The number of thiocarbonyl (C=S) groups is 1. The van der Waals surface area contributed by atoms with Crippen molar-refractivity contribution in [3.63, 3.8) is 0 Å². The fourth-order valence-corrected chi connectivity index (χ4v) is 3.72. The number of aromatic nitrogens is 2. The van der Waals surface area contributed by atoms with Gasteiger partial charge in [0.25, 0.3) is 10.0 Å². The van der Waals surface area contributed by atoms with E-state index in [1.165, 1.54) is 31.6 Å². The van der Waals surface area contributed by atoms with E-state index in [4.69, 9.17) is 17.0 Å². The van der Waals surface area contributed by atoms with Crippen molar-refractivity contribution in [1.82, 2.24) is 15.3 Å². The molecule has 1 aromatic heterocycles. The van der Waals surface area contributed by atoms with E-state index in [9.17, 15) is 13.2 Å². The second kappa shape index (κ2) is 11.4. The molecule has 0 aliphatic rings. The zero-order valence-corrected chi connectivity index (χ0v) is 18.5. The van der Waals surface area contributed by atoms with Gasteiger partial charge in [-0.15, -0.1) is 0 Å². The SMILES string of the molecule is CCCCCCC(=O)NC(=S)Nc1ccc(S(=O)(=O)Nc2cc(OC)ncn2)cc1. The highest BCUT2D eigenvalue weighted by Crippen LogP contribution is 2.18. The fraction of sp³-hybridized carbons (Fsp3) is 0.368. The molecule has 0 spiro atoms. The molecule has 2 rings (SSSR count). The van der Waals surface area contributed by atoms with Crippen molar-refractivity contribution in [3.05, 3.63) is 36.7 Å². The summed E-state index contributed by atoms with van der Waals surface area (Å²) in [5.41, 5.74) is 0.550. The van der Waals surface area contributed by atoms with Gasteiger partial charge < -0.3 is 15.4 Å². The van der Waals surface area contributed by atoms with Crippen LogP contribution in [0.5, 0.6) is 5.88 Å². The van der Waals surface area contributed by atoms with Crippen LogP contribution in [0.25, 0.3) is 0 Å². The Kier molecular flexibility index (Phi) is 8.93. The highest BCUT2D eigenvalue weighted by atomic mass is 32.2. The standard InChI is InChI=1S/C19H25N5O4S2/c1-3-4-5-6-7-17(25)23-19(29)22-14-8-10-15(11-9-14)30(26,27)24-16-12-18(28-2)21-13-20-16/h8-13H,3-7H2,1-2H3,(H,20,21,24)(H2,22,23,25,29). The third kappa shape index (κ3) is 7.56. The molecule has 11 heteroatoms. The Bertz CT molecular complexity index is 965. The number of carbonyl (C=O) groups is 1. The first-order valence-electron chi connectivity index (χ1n) is 9.44. The molecular formula is C19H25N5O4S2. The Morgan fingerprint density at radius 2 is 1.87 bits per heavy atom. The van der Waals surface area contributed by atoms with Crippen LogP contribution in [-0.4, -0.2) is 36.5 Å². The average Bonchev–Trinajstić information content (AvgIpc) is 2.71. The quantitative estimate of drug-likeness (QED) is 0.372. The minimum atomic E-state index is -3.84. The van der Waals surface area contributed by atoms with Crippen LogP contribution in [0.3, 0.4) is 0 Å². The number of sulfonamides is 1. The first-order chi connectivity index (χ1) is 14.3. The number of unbranched alkanes of at least 4 members (excludes halogenated alkanes) is 3. The van der Waals surface area contributed by atoms with Gasteiger partial charge in [-0.1, -0.05) is 26.2 Å². The number of rotatable bonds is 10. The maximum Gasteiger partial charge on any atom is 0.263 e. The Balaban J connectivity index is 1.92. The maximum atomic E-state index is 12.5. The van der Waals surface area contributed by atoms with E-state index < -0.39 is 10.0 Å². The number of nitrogens with zero attached hydrogens (tertiary/aromatic N) is 2. The van der Waals surface area contributed by atoms with E-state index in [1.807, 2.05) is 0 Å². The summed E-state index contributed by atoms with van der Waals surface area (Å²) in [5, 5.41) is 5.65. The molecule has 0 saturated heterocycles. The number of methoxy groups -OCH3 is 1. The number of hydrogen-bond acceptors (Lipinski definition) is 7. The summed E-state index contributed by atoms with van der Waals surface area (Å²) in [4.78, 5) is 19.6. The predicted molar refractivity (Wildman–Crippen MR) is 119 cm³/mol. The smallest absolute Gasteiger partial charge is 0.263 e. The van der Waals surface area contributed by atoms with Crippen LogP contribution in [0.15, 0.2) is 41.6 Å². The lowest BCUT2D eigenvalue weighted by Crippen LogP contribution is -2.33. The van der Waals surface area contributed by atoms with Crippen molar-refractivity contribution in [2.75, 3.05) is 17.1 Å². The molecule has 162 valence electrons. The van der Waals surface area contributed by atoms with Crippen LogP contribution in [0.2, 0.25) is 0 Å². The minimum Gasteiger partial charge on any atom is -0.481 e. The largest absolute Gasteiger partial charge is 0.481 e. The molecule has 1 aromatic carbocycles. The molecule has 0 aliphatic carbocycles. The molecule has 30 heavy (non-hydrogen) atoms. The summed E-state index contributed by atoms with van der Waals surface area (Å²) in [6, 6.07) is 7.30. The van der Waals surface area contributed by atoms with Gasteiger partial charge in [0, 0.05) is 18.2 Å². The first-order valence-corrected chi connectivity index (χ1v) is 11.3. The van der Waals surface area contributed by atoms with Gasteiger partial charge in [0.1, 0.15) is 12.1 Å². The van der Waals surface area contributed by atoms with Crippen LogP contribution in [0.4, 0.5) is 11.5 Å². The van der Waals surface area contributed by atoms with Crippen LogP contribution >= 0.6 is 12.2 Å². The van der Waals surface area contributed by atoms with E-state index in [-0.39, 0.29) is 27.6 Å². The van der Waals surface area contributed by atoms with Crippen LogP contribution in [0, 0.1) is 0 Å². The van der Waals surface area contributed by atoms with Crippen molar-refractivity contribution in [2.45, 2.75) is 43.9 Å². The Morgan fingerprint density at radius 3 is 2.53 bits per heavy atom. The second-order valence-electron chi connectivity index (χ2n) is 6.39. The molecule has 0 aliphatic heterocycles. The monoisotopic (exact) mass is 451 g/mol. The number of hydrogen-bond donors (Lipinski definition) is 3. The molecular weight excluding hydrogens is 426 g/mol. The molecule has 0 fully saturated rings. The van der Waals surface area contributed by atoms with Gasteiger partial charge in [0.15, 0.2) is 5.11 Å². The van der Waals surface area contributed by atoms with E-state index in [1.54, 1.807) is 12.1 Å². The summed E-state index contributed by atoms with van der Waals surface area (Å²) in [6.07, 6.45) is 5.65. The van der Waals surface area contributed by atoms with Crippen LogP contribution in [0.1, 0.15) is 39.0 Å². The maximum absolute atomic E-state index is 12.5. The average molecular weight is 452 g/mol. The highest BCUT2D eigenvalue weighted by molar-refractivity contribution is 7.92. The van der Waals surface area contributed by atoms with Gasteiger partial charge >= 0.3 is 0 Å². The summed E-state index contributed by atoms with van der Waals surface area (Å²) in [5.74, 6) is 0.183. The molecule has 0 bridgehead atoms. The van der Waals surface area contributed by atoms with Crippen molar-refractivity contribution in [1.29, 1.82) is 0 Å². The third-order valence-electron chi connectivity index (χ3n) is 4.02. The van der Waals surface area contributed by atoms with E-state index in [2.05, 4.69) is 32.2 Å². The summed E-state index contributed by atoms with van der Waals surface area (Å²) < 4.78 is 32.3. The van der Waals surface area contributed by atoms with Gasteiger partial charge in [-0.3, -0.25) is 9.52 Å². The zero-order valence-electron chi connectivity index (χ0n) is 16.8. The fourth-order valence-electron chi connectivity index (χ4n) is 2.48. The van der Waals surface area contributed by atoms with Gasteiger partial charge in [-0.25, -0.2) is 18.4 Å². The van der Waals surface area contributed by atoms with Gasteiger partial charge in [-0.05, 0) is 42.9 Å². The van der Waals surface area contributed by atoms with Gasteiger partial charge in [0.2, 0.25) is 11.8 Å². The lowest BCUT2D eigenvalue weighted by molar-refractivity contribution is -0.119. The molecule has 1 heterocycles. The Morgan fingerprint density at radius 1 is 1.13 bits per heavy atom. The van der Waals surface area contributed by atoms with Crippen molar-refractivity contribution >= 4 is 44.8 Å². The number of anilines is 2. The molecule has 0 unspecified atom stereocenters. The number of nitrogens with one attached hydrogen (secondary N) is 3. The Labute approximate surface area is 181 Å². The normalized spacial score (nSPS) is 10.9. The van der Waals surface area contributed by atoms with Crippen molar-refractivity contribution in [3.8, 4) is 5.88 Å². The summed E-state index contributed by atoms with van der Waals surface area (Å²) in [7, 11) is -2.42. The molecule has 0 radical (unpaired) electrons. The third-order valence-corrected chi connectivity index (χ3v) is 5.60. The second-order valence-corrected chi connectivity index (χ2v) is 8.48. The molecule has 0 atom stereocenters. The van der Waals surface area contributed by atoms with E-state index in [0.717, 1.165) is 25.7 Å². The van der Waals surface area contributed by atoms with Gasteiger partial charge in [-0.2, -0.15) is 0 Å². The molecule has 3 N–H and O–H groups in total. The summed E-state index contributed by atoms with van der Waals surface area (Å²) >= 11 is 5.13. The van der Waals surface area contributed by atoms with E-state index >= 15 is 0 Å². The number of ether oxygens (including phenoxy) is 1. The topological polar surface area (TPSA) is 122 Å². The number of carbonyl (C=O) groups excluding carboxylic acids is 1. The Hall–Kier alpha value is -2.79. The molecule has 2 aromatic rings. The van der Waals surface area contributed by atoms with Crippen molar-refractivity contribution < 1.29 is 17.9 Å². The van der Waals surface area contributed by atoms with Crippen LogP contribution < -0.4 is 20.1 Å². The zero-order chi connectivity index (χ0) is 22.0. The number of amides is 1. The van der Waals surface area contributed by atoms with Gasteiger partial charge in [0.05, 0.1) is 12.0 Å². The predicted octanol–water partition coefficient (Wildman–Crippen LogP) is 3.07. The van der Waals surface area contributed by atoms with Crippen molar-refractivity contribution in [2.24, 2.45) is 0 Å². The molecule has 1 amide bonds. The summed E-state index contributed by atoms with van der Waals surface area (Å²) in [6.45, 7) is 2.11. The van der Waals surface area contributed by atoms with E-state index in [0.29, 0.717) is 12.1 Å². The lowest BCUT2D eigenvalue weighted by atomic mass is 10.1.